The van der Waals surface area contributed by atoms with Crippen LogP contribution in [0.2, 0.25) is 0 Å². The van der Waals surface area contributed by atoms with E-state index in [1.54, 1.807) is 11.0 Å². The van der Waals surface area contributed by atoms with Crippen molar-refractivity contribution < 1.29 is 4.79 Å². The number of hydrogen-bond donors (Lipinski definition) is 1. The number of hydrogen-bond acceptors (Lipinski definition) is 3. The van der Waals surface area contributed by atoms with Gasteiger partial charge in [0.2, 0.25) is 0 Å². The lowest BCUT2D eigenvalue weighted by Gasteiger charge is -2.35. The van der Waals surface area contributed by atoms with E-state index < -0.39 is 0 Å². The molecule has 1 aromatic carbocycles. The van der Waals surface area contributed by atoms with E-state index in [9.17, 15) is 4.79 Å². The van der Waals surface area contributed by atoms with Crippen LogP contribution in [0.4, 0.5) is 11.4 Å². The summed E-state index contributed by atoms with van der Waals surface area (Å²) in [6, 6.07) is 5.46. The first-order valence-corrected chi connectivity index (χ1v) is 6.55. The Morgan fingerprint density at radius 1 is 1.26 bits per heavy atom. The van der Waals surface area contributed by atoms with Crippen molar-refractivity contribution in [2.24, 2.45) is 0 Å². The lowest BCUT2D eigenvalue weighted by Crippen LogP contribution is -2.44. The van der Waals surface area contributed by atoms with Crippen molar-refractivity contribution in [3.63, 3.8) is 0 Å². The first-order chi connectivity index (χ1) is 8.70. The van der Waals surface area contributed by atoms with Gasteiger partial charge in [-0.05, 0) is 38.5 Å². The predicted octanol–water partition coefficient (Wildman–Crippen LogP) is 2.60. The van der Waals surface area contributed by atoms with Crippen molar-refractivity contribution in [3.8, 4) is 0 Å². The van der Waals surface area contributed by atoms with E-state index in [1.807, 2.05) is 38.2 Å². The fraction of sp³-hybridized carbons (Fsp3) is 0.533. The molecule has 0 radical (unpaired) electrons. The number of nitrogens with two attached hydrogens (primary N) is 1. The molecule has 106 valence electrons. The van der Waals surface area contributed by atoms with Gasteiger partial charge in [0.25, 0.3) is 5.91 Å². The standard InChI is InChI=1S/C15H25N3O/c1-7-15(2,3)18(6)14(19)11-8-9-13(17(4)5)12(16)10-11/h8-10H,7,16H2,1-6H3. The molecule has 1 rings (SSSR count). The van der Waals surface area contributed by atoms with Crippen molar-refractivity contribution >= 4 is 17.3 Å². The van der Waals surface area contributed by atoms with Crippen molar-refractivity contribution in [2.45, 2.75) is 32.7 Å². The molecule has 0 atom stereocenters. The van der Waals surface area contributed by atoms with Gasteiger partial charge >= 0.3 is 0 Å². The van der Waals surface area contributed by atoms with E-state index in [1.165, 1.54) is 0 Å². The van der Waals surface area contributed by atoms with Gasteiger partial charge in [-0.2, -0.15) is 0 Å². The van der Waals surface area contributed by atoms with E-state index in [-0.39, 0.29) is 11.4 Å². The molecule has 0 bridgehead atoms. The molecular formula is C15H25N3O. The van der Waals surface area contributed by atoms with Crippen LogP contribution in [-0.4, -0.2) is 37.5 Å². The smallest absolute Gasteiger partial charge is 0.254 e. The Bertz CT molecular complexity index is 466. The first kappa shape index (κ1) is 15.3. The molecular weight excluding hydrogens is 238 g/mol. The molecule has 0 spiro atoms. The third-order valence-electron chi connectivity index (χ3n) is 3.83. The summed E-state index contributed by atoms with van der Waals surface area (Å²) < 4.78 is 0. The van der Waals surface area contributed by atoms with Crippen LogP contribution in [0.25, 0.3) is 0 Å². The molecule has 4 nitrogen and oxygen atoms in total. The van der Waals surface area contributed by atoms with E-state index in [0.29, 0.717) is 11.3 Å². The van der Waals surface area contributed by atoms with Gasteiger partial charge < -0.3 is 15.5 Å². The Labute approximate surface area is 116 Å². The molecule has 0 aliphatic heterocycles. The van der Waals surface area contributed by atoms with Crippen LogP contribution in [0, 0.1) is 0 Å². The number of carbonyl (C=O) groups excluding carboxylic acids is 1. The number of nitrogen functional groups attached to an aromatic ring is 1. The van der Waals surface area contributed by atoms with Gasteiger partial charge in [-0.3, -0.25) is 4.79 Å². The number of benzene rings is 1. The number of carbonyl (C=O) groups is 1. The fourth-order valence-corrected chi connectivity index (χ4v) is 1.80. The van der Waals surface area contributed by atoms with Crippen molar-refractivity contribution in [1.82, 2.24) is 4.90 Å². The van der Waals surface area contributed by atoms with E-state index in [2.05, 4.69) is 20.8 Å². The van der Waals surface area contributed by atoms with Gasteiger partial charge in [-0.25, -0.2) is 0 Å². The summed E-state index contributed by atoms with van der Waals surface area (Å²) in [4.78, 5) is 16.1. The summed E-state index contributed by atoms with van der Waals surface area (Å²) >= 11 is 0. The second-order valence-corrected chi connectivity index (χ2v) is 5.70. The molecule has 0 fully saturated rings. The first-order valence-electron chi connectivity index (χ1n) is 6.55. The molecule has 2 N–H and O–H groups in total. The molecule has 0 aliphatic rings. The maximum atomic E-state index is 12.4. The zero-order valence-electron chi connectivity index (χ0n) is 12.8. The summed E-state index contributed by atoms with van der Waals surface area (Å²) in [6.07, 6.45) is 0.903. The average molecular weight is 263 g/mol. The van der Waals surface area contributed by atoms with Gasteiger partial charge in [-0.15, -0.1) is 0 Å². The van der Waals surface area contributed by atoms with Gasteiger partial charge in [-0.1, -0.05) is 6.92 Å². The highest BCUT2D eigenvalue weighted by molar-refractivity contribution is 5.96. The zero-order chi connectivity index (χ0) is 14.8. The van der Waals surface area contributed by atoms with Crippen molar-refractivity contribution in [1.29, 1.82) is 0 Å². The quantitative estimate of drug-likeness (QED) is 0.849. The minimum absolute atomic E-state index is 0.00357. The van der Waals surface area contributed by atoms with Crippen LogP contribution >= 0.6 is 0 Å². The number of amides is 1. The minimum Gasteiger partial charge on any atom is -0.397 e. The lowest BCUT2D eigenvalue weighted by atomic mass is 9.98. The highest BCUT2D eigenvalue weighted by atomic mass is 16.2. The van der Waals surface area contributed by atoms with Crippen LogP contribution < -0.4 is 10.6 Å². The second kappa shape index (κ2) is 5.51. The molecule has 0 heterocycles. The average Bonchev–Trinajstić information content (AvgIpc) is 2.36. The molecule has 4 heteroatoms. The number of rotatable bonds is 4. The summed E-state index contributed by atoms with van der Waals surface area (Å²) in [7, 11) is 5.70. The molecule has 0 saturated heterocycles. The second-order valence-electron chi connectivity index (χ2n) is 5.70. The molecule has 0 unspecified atom stereocenters. The van der Waals surface area contributed by atoms with Crippen LogP contribution in [0.1, 0.15) is 37.6 Å². The van der Waals surface area contributed by atoms with Gasteiger partial charge in [0.1, 0.15) is 0 Å². The summed E-state index contributed by atoms with van der Waals surface area (Å²) in [5.74, 6) is 0.00357. The predicted molar refractivity (Wildman–Crippen MR) is 81.6 cm³/mol. The monoisotopic (exact) mass is 263 g/mol. The topological polar surface area (TPSA) is 49.6 Å². The van der Waals surface area contributed by atoms with Gasteiger partial charge in [0.05, 0.1) is 11.4 Å². The molecule has 19 heavy (non-hydrogen) atoms. The highest BCUT2D eigenvalue weighted by Crippen LogP contribution is 2.25. The van der Waals surface area contributed by atoms with E-state index in [0.717, 1.165) is 12.1 Å². The Morgan fingerprint density at radius 2 is 1.84 bits per heavy atom. The van der Waals surface area contributed by atoms with Crippen LogP contribution in [0.3, 0.4) is 0 Å². The Kier molecular flexibility index (Phi) is 4.45. The highest BCUT2D eigenvalue weighted by Gasteiger charge is 2.26. The molecule has 1 aromatic rings. The van der Waals surface area contributed by atoms with Gasteiger partial charge in [0, 0.05) is 32.2 Å². The van der Waals surface area contributed by atoms with Crippen LogP contribution in [0.5, 0.6) is 0 Å². The minimum atomic E-state index is -0.161. The molecule has 1 amide bonds. The lowest BCUT2D eigenvalue weighted by molar-refractivity contribution is 0.0620. The normalized spacial score (nSPS) is 11.3. The van der Waals surface area contributed by atoms with Crippen molar-refractivity contribution in [2.75, 3.05) is 31.8 Å². The summed E-state index contributed by atoms with van der Waals surface area (Å²) in [5.41, 5.74) is 8.01. The van der Waals surface area contributed by atoms with Crippen molar-refractivity contribution in [3.05, 3.63) is 23.8 Å². The third kappa shape index (κ3) is 3.19. The third-order valence-corrected chi connectivity index (χ3v) is 3.83. The Balaban J connectivity index is 3.05. The Hall–Kier alpha value is -1.71. The SMILES string of the molecule is CCC(C)(C)N(C)C(=O)c1ccc(N(C)C)c(N)c1. The summed E-state index contributed by atoms with van der Waals surface area (Å²) in [6.45, 7) is 6.19. The van der Waals surface area contributed by atoms with E-state index in [4.69, 9.17) is 5.73 Å². The molecule has 0 aromatic heterocycles. The van der Waals surface area contributed by atoms with Crippen LogP contribution in [0.15, 0.2) is 18.2 Å². The largest absolute Gasteiger partial charge is 0.397 e. The fourth-order valence-electron chi connectivity index (χ4n) is 1.80. The van der Waals surface area contributed by atoms with Crippen LogP contribution in [-0.2, 0) is 0 Å². The maximum Gasteiger partial charge on any atom is 0.254 e. The maximum absolute atomic E-state index is 12.4. The molecule has 0 aliphatic carbocycles. The Morgan fingerprint density at radius 3 is 2.26 bits per heavy atom. The zero-order valence-corrected chi connectivity index (χ0v) is 12.8. The van der Waals surface area contributed by atoms with Gasteiger partial charge in [0.15, 0.2) is 0 Å². The number of nitrogens with zero attached hydrogens (tertiary/aromatic N) is 2. The van der Waals surface area contributed by atoms with E-state index >= 15 is 0 Å². The molecule has 0 saturated carbocycles. The summed E-state index contributed by atoms with van der Waals surface area (Å²) in [5, 5.41) is 0. The number of anilines is 2.